The molecule has 1 fully saturated rings. The minimum Gasteiger partial charge on any atom is -0.857 e. The number of carbonyl (C=O) groups is 2. The van der Waals surface area contributed by atoms with Crippen molar-refractivity contribution in [3.05, 3.63) is 6.33 Å². The number of fused-ring (bicyclic) bond motifs is 1. The first kappa shape index (κ1) is 38.1. The SMILES string of the molecule is Nc1nc([O-])c2ncn([C@H]3CN(C(=O)C[P+]([O-])([O-])O)C[C@@H]3C(=O)C[P+]([O-])([O-])[O-])c2n1.[Na+].[Na+].[Na+].[Na+]. The Morgan fingerprint density at radius 2 is 1.65 bits per heavy atom. The van der Waals surface area contributed by atoms with E-state index in [0.717, 1.165) is 11.2 Å². The second-order valence-electron chi connectivity index (χ2n) is 6.71. The van der Waals surface area contributed by atoms with Gasteiger partial charge < -0.3 is 44.8 Å². The van der Waals surface area contributed by atoms with E-state index >= 15 is 0 Å². The fraction of sp³-hybridized carbons (Fsp3) is 0.462. The molecule has 0 aromatic carbocycles. The summed E-state index contributed by atoms with van der Waals surface area (Å²) in [6, 6.07) is -1.03. The fourth-order valence-electron chi connectivity index (χ4n) is 3.32. The Kier molecular flexibility index (Phi) is 16.7. The number of hydrogen-bond acceptors (Lipinski definition) is 13. The third-order valence-corrected chi connectivity index (χ3v) is 5.87. The Labute approximate surface area is 282 Å². The standard InChI is InChI=1S/C13H18N6O9P2.4Na/c14-13-16-11-10(12(22)17-13)15-5-19(11)7-2-18(9(21)4-30(26,27)28)1-6(7)8(20)3-29(23,24)25;;;;/h5-7H,1-4H2,(H2,23,24,25)(H2,26,27,28)(H3,14,16,17,22);;;;/q;4*+1/p-4/t6-,7-;;;;/m0..../s1. The number of anilines is 1. The summed E-state index contributed by atoms with van der Waals surface area (Å²) in [5.41, 5.74) is 5.18. The number of Topliss-reactive ketones (excluding diaryl/α,β-unsaturated/α-hetero) is 1. The first-order valence-electron chi connectivity index (χ1n) is 8.26. The summed E-state index contributed by atoms with van der Waals surface area (Å²) in [6.07, 6.45) is -1.45. The quantitative estimate of drug-likeness (QED) is 0.249. The van der Waals surface area contributed by atoms with Crippen LogP contribution in [-0.4, -0.2) is 66.4 Å². The molecule has 1 saturated heterocycles. The topological polar surface area (TPSA) is 266 Å². The van der Waals surface area contributed by atoms with Gasteiger partial charge in [-0.05, 0) is 0 Å². The van der Waals surface area contributed by atoms with Crippen LogP contribution in [0.15, 0.2) is 6.33 Å². The molecular formula is C13H14N6Na4O9P2. The van der Waals surface area contributed by atoms with Gasteiger partial charge in [-0.2, -0.15) is 12.9 Å². The van der Waals surface area contributed by atoms with Crippen LogP contribution in [0, 0.1) is 5.92 Å². The number of likely N-dealkylation sites (tertiary alicyclic amines) is 1. The summed E-state index contributed by atoms with van der Waals surface area (Å²) in [4.78, 5) is 101. The second-order valence-corrected chi connectivity index (χ2v) is 9.84. The number of aromatic nitrogens is 4. The molecule has 2 aromatic rings. The van der Waals surface area contributed by atoms with Crippen molar-refractivity contribution in [3.8, 4) is 5.88 Å². The first-order valence-corrected chi connectivity index (χ1v) is 11.8. The molecule has 3 heterocycles. The molecule has 15 nitrogen and oxygen atoms in total. The zero-order valence-electron chi connectivity index (χ0n) is 19.0. The van der Waals surface area contributed by atoms with E-state index in [2.05, 4.69) is 15.0 Å². The number of nitrogens with zero attached hydrogens (tertiary/aromatic N) is 5. The van der Waals surface area contributed by atoms with Gasteiger partial charge in [0.1, 0.15) is 11.7 Å². The maximum absolute atomic E-state index is 12.5. The number of hydrogen-bond donors (Lipinski definition) is 2. The Balaban J connectivity index is 0. The van der Waals surface area contributed by atoms with Crippen molar-refractivity contribution in [2.75, 3.05) is 31.1 Å². The molecule has 1 amide bonds. The Morgan fingerprint density at radius 3 is 2.18 bits per heavy atom. The van der Waals surface area contributed by atoms with Gasteiger partial charge in [-0.3, -0.25) is 14.5 Å². The van der Waals surface area contributed by atoms with Crippen molar-refractivity contribution in [1.82, 2.24) is 24.4 Å². The van der Waals surface area contributed by atoms with Gasteiger partial charge in [0.15, 0.2) is 17.6 Å². The summed E-state index contributed by atoms with van der Waals surface area (Å²) in [5, 5.41) is 11.9. The molecule has 3 N–H and O–H groups in total. The van der Waals surface area contributed by atoms with Crippen molar-refractivity contribution in [1.29, 1.82) is 0 Å². The van der Waals surface area contributed by atoms with Crippen LogP contribution in [0.2, 0.25) is 0 Å². The van der Waals surface area contributed by atoms with Crippen LogP contribution < -0.4 is 154 Å². The molecule has 0 unspecified atom stereocenters. The van der Waals surface area contributed by atoms with E-state index in [1.807, 2.05) is 0 Å². The van der Waals surface area contributed by atoms with E-state index < -0.39 is 64.3 Å². The van der Waals surface area contributed by atoms with E-state index in [1.165, 1.54) is 4.57 Å². The van der Waals surface area contributed by atoms with Crippen LogP contribution in [-0.2, 0) is 9.59 Å². The number of rotatable bonds is 6. The molecule has 21 heteroatoms. The monoisotopic (exact) mass is 552 g/mol. The smallest absolute Gasteiger partial charge is 0.857 e. The fourth-order valence-corrected chi connectivity index (χ4v) is 4.48. The zero-order chi connectivity index (χ0) is 22.4. The molecule has 1 aliphatic heterocycles. The molecule has 0 bridgehead atoms. The zero-order valence-corrected chi connectivity index (χ0v) is 28.8. The normalized spacial score (nSPS) is 17.8. The van der Waals surface area contributed by atoms with Gasteiger partial charge in [-0.1, -0.05) is 0 Å². The van der Waals surface area contributed by atoms with Crippen molar-refractivity contribution >= 4 is 44.7 Å². The third-order valence-electron chi connectivity index (χ3n) is 4.50. The summed E-state index contributed by atoms with van der Waals surface area (Å²) in [6.45, 7) is -0.729. The Bertz CT molecular complexity index is 1010. The van der Waals surface area contributed by atoms with Crippen LogP contribution in [0.1, 0.15) is 6.04 Å². The molecule has 164 valence electrons. The molecule has 0 spiro atoms. The molecule has 2 aromatic heterocycles. The van der Waals surface area contributed by atoms with E-state index in [1.54, 1.807) is 0 Å². The molecular weight excluding hydrogens is 538 g/mol. The second kappa shape index (κ2) is 14.9. The molecule has 2 atom stereocenters. The first-order chi connectivity index (χ1) is 13.7. The number of carbonyl (C=O) groups excluding carboxylic acids is 2. The van der Waals surface area contributed by atoms with E-state index in [-0.39, 0.29) is 142 Å². The molecule has 0 saturated carbocycles. The largest absolute Gasteiger partial charge is 1.00 e. The predicted octanol–water partition coefficient (Wildman–Crippen LogP) is -18.6. The van der Waals surface area contributed by atoms with Gasteiger partial charge in [-0.25, -0.2) is 9.97 Å². The minimum atomic E-state index is -5.23. The Morgan fingerprint density at radius 1 is 1.06 bits per heavy atom. The van der Waals surface area contributed by atoms with E-state index in [0.29, 0.717) is 0 Å². The van der Waals surface area contributed by atoms with Crippen LogP contribution >= 0.6 is 15.9 Å². The molecule has 0 radical (unpaired) electrons. The minimum absolute atomic E-state index is 0. The van der Waals surface area contributed by atoms with Gasteiger partial charge in [0.05, 0.1) is 26.2 Å². The molecule has 1 aliphatic rings. The van der Waals surface area contributed by atoms with Crippen molar-refractivity contribution < 1.29 is 162 Å². The number of imidazole rings is 1. The van der Waals surface area contributed by atoms with Crippen molar-refractivity contribution in [2.45, 2.75) is 6.04 Å². The summed E-state index contributed by atoms with van der Waals surface area (Å²) >= 11 is 0. The predicted molar refractivity (Wildman–Crippen MR) is 89.1 cm³/mol. The number of ketones is 1. The van der Waals surface area contributed by atoms with Gasteiger partial charge in [0, 0.05) is 19.0 Å². The maximum atomic E-state index is 12.5. The van der Waals surface area contributed by atoms with Crippen molar-refractivity contribution in [3.63, 3.8) is 0 Å². The molecule has 3 rings (SSSR count). The third kappa shape index (κ3) is 9.90. The number of amides is 1. The van der Waals surface area contributed by atoms with E-state index in [9.17, 15) is 39.2 Å². The van der Waals surface area contributed by atoms with Crippen LogP contribution in [0.3, 0.4) is 0 Å². The molecule has 0 aliphatic carbocycles. The summed E-state index contributed by atoms with van der Waals surface area (Å²) in [7, 11) is -10.2. The van der Waals surface area contributed by atoms with Gasteiger partial charge in [-0.15, -0.1) is 0 Å². The van der Waals surface area contributed by atoms with Crippen LogP contribution in [0.4, 0.5) is 5.95 Å². The van der Waals surface area contributed by atoms with Gasteiger partial charge in [0.2, 0.25) is 5.95 Å². The van der Waals surface area contributed by atoms with Gasteiger partial charge >= 0.3 is 118 Å². The summed E-state index contributed by atoms with van der Waals surface area (Å²) < 4.78 is 1.21. The average Bonchev–Trinajstić information content (AvgIpc) is 3.15. The average molecular weight is 552 g/mol. The van der Waals surface area contributed by atoms with Crippen LogP contribution in [0.5, 0.6) is 5.88 Å². The summed E-state index contributed by atoms with van der Waals surface area (Å²) in [5.74, 6) is -4.49. The number of nitrogen functional groups attached to an aromatic ring is 1. The number of nitrogens with two attached hydrogens (primary N) is 1. The van der Waals surface area contributed by atoms with Crippen LogP contribution in [0.25, 0.3) is 11.2 Å². The maximum Gasteiger partial charge on any atom is 1.00 e. The van der Waals surface area contributed by atoms with E-state index in [4.69, 9.17) is 10.6 Å². The van der Waals surface area contributed by atoms with Crippen molar-refractivity contribution in [2.24, 2.45) is 5.92 Å². The Hall–Kier alpha value is 1.91. The molecule has 34 heavy (non-hydrogen) atoms. The van der Waals surface area contributed by atoms with Gasteiger partial charge in [0.25, 0.3) is 5.91 Å².